The zero-order chi connectivity index (χ0) is 19.5. The highest BCUT2D eigenvalue weighted by Gasteiger charge is 2.28. The summed E-state index contributed by atoms with van der Waals surface area (Å²) in [6.45, 7) is 8.03. The van der Waals surface area contributed by atoms with Crippen LogP contribution in [0.5, 0.6) is 0 Å². The maximum atomic E-state index is 13.2. The number of para-hydroxylation sites is 1. The number of piperazine rings is 1. The van der Waals surface area contributed by atoms with Gasteiger partial charge in [0.05, 0.1) is 6.61 Å². The second kappa shape index (κ2) is 8.07. The third kappa shape index (κ3) is 3.62. The SMILES string of the molecule is CCOCc1c(C(=O)N2CCN(c3cccc(C)c3)CC2)oc2ccccc12. The summed E-state index contributed by atoms with van der Waals surface area (Å²) in [5, 5.41) is 0.956. The zero-order valence-corrected chi connectivity index (χ0v) is 16.5. The molecule has 4 rings (SSSR count). The monoisotopic (exact) mass is 378 g/mol. The number of nitrogens with zero attached hydrogens (tertiary/aromatic N) is 2. The summed E-state index contributed by atoms with van der Waals surface area (Å²) >= 11 is 0. The molecule has 1 aromatic heterocycles. The Kier molecular flexibility index (Phi) is 5.35. The molecule has 3 aromatic rings. The van der Waals surface area contributed by atoms with E-state index in [2.05, 4.69) is 36.1 Å². The predicted octanol–water partition coefficient (Wildman–Crippen LogP) is 4.24. The molecule has 0 unspecified atom stereocenters. The van der Waals surface area contributed by atoms with E-state index in [1.165, 1.54) is 11.3 Å². The Bertz CT molecular complexity index is 971. The van der Waals surface area contributed by atoms with E-state index < -0.39 is 0 Å². The number of rotatable bonds is 5. The average Bonchev–Trinajstić information content (AvgIpc) is 3.10. The quantitative estimate of drug-likeness (QED) is 0.666. The van der Waals surface area contributed by atoms with E-state index >= 15 is 0 Å². The van der Waals surface area contributed by atoms with Gasteiger partial charge in [-0.3, -0.25) is 4.79 Å². The van der Waals surface area contributed by atoms with Gasteiger partial charge < -0.3 is 19.0 Å². The van der Waals surface area contributed by atoms with Crippen molar-refractivity contribution in [1.29, 1.82) is 0 Å². The molecule has 28 heavy (non-hydrogen) atoms. The molecule has 0 bridgehead atoms. The van der Waals surface area contributed by atoms with Gasteiger partial charge in [-0.2, -0.15) is 0 Å². The molecule has 0 spiro atoms. The summed E-state index contributed by atoms with van der Waals surface area (Å²) < 4.78 is 11.6. The van der Waals surface area contributed by atoms with Crippen molar-refractivity contribution >= 4 is 22.6 Å². The van der Waals surface area contributed by atoms with E-state index in [0.29, 0.717) is 32.1 Å². The molecule has 1 aliphatic rings. The topological polar surface area (TPSA) is 45.9 Å². The van der Waals surface area contributed by atoms with Crippen LogP contribution >= 0.6 is 0 Å². The van der Waals surface area contributed by atoms with Crippen molar-refractivity contribution in [3.63, 3.8) is 0 Å². The molecule has 146 valence electrons. The van der Waals surface area contributed by atoms with Crippen LogP contribution in [0, 0.1) is 6.92 Å². The Morgan fingerprint density at radius 3 is 2.61 bits per heavy atom. The fraction of sp³-hybridized carbons (Fsp3) is 0.348. The minimum atomic E-state index is -0.0465. The zero-order valence-electron chi connectivity index (χ0n) is 16.5. The third-order valence-corrected chi connectivity index (χ3v) is 5.28. The molecule has 0 atom stereocenters. The summed E-state index contributed by atoms with van der Waals surface area (Å²) in [4.78, 5) is 17.4. The lowest BCUT2D eigenvalue weighted by Gasteiger charge is -2.36. The van der Waals surface area contributed by atoms with Crippen LogP contribution in [0.2, 0.25) is 0 Å². The van der Waals surface area contributed by atoms with Gasteiger partial charge in [-0.1, -0.05) is 30.3 Å². The lowest BCUT2D eigenvalue weighted by Crippen LogP contribution is -2.48. The third-order valence-electron chi connectivity index (χ3n) is 5.28. The molecule has 1 fully saturated rings. The minimum Gasteiger partial charge on any atom is -0.451 e. The standard InChI is InChI=1S/C23H26N2O3/c1-3-27-16-20-19-9-4-5-10-21(19)28-22(20)23(26)25-13-11-24(12-14-25)18-8-6-7-17(2)15-18/h4-10,15H,3,11-14,16H2,1-2H3. The van der Waals surface area contributed by atoms with Crippen molar-refractivity contribution in [2.45, 2.75) is 20.5 Å². The number of amides is 1. The number of carbonyl (C=O) groups excluding carboxylic acids is 1. The molecule has 5 heteroatoms. The van der Waals surface area contributed by atoms with E-state index in [-0.39, 0.29) is 5.91 Å². The van der Waals surface area contributed by atoms with Crippen LogP contribution in [-0.4, -0.2) is 43.6 Å². The number of hydrogen-bond donors (Lipinski definition) is 0. The normalized spacial score (nSPS) is 14.6. The number of benzene rings is 2. The first kappa shape index (κ1) is 18.6. The number of aryl methyl sites for hydroxylation is 1. The van der Waals surface area contributed by atoms with Crippen molar-refractivity contribution in [2.75, 3.05) is 37.7 Å². The van der Waals surface area contributed by atoms with Crippen LogP contribution in [0.25, 0.3) is 11.0 Å². The molecule has 1 aliphatic heterocycles. The van der Waals surface area contributed by atoms with Gasteiger partial charge in [-0.05, 0) is 37.6 Å². The molecular weight excluding hydrogens is 352 g/mol. The molecule has 0 N–H and O–H groups in total. The van der Waals surface area contributed by atoms with Crippen molar-refractivity contribution in [3.8, 4) is 0 Å². The second-order valence-corrected chi connectivity index (χ2v) is 7.16. The number of fused-ring (bicyclic) bond motifs is 1. The van der Waals surface area contributed by atoms with Crippen LogP contribution in [0.15, 0.2) is 52.9 Å². The highest BCUT2D eigenvalue weighted by molar-refractivity contribution is 5.99. The first-order valence-corrected chi connectivity index (χ1v) is 9.86. The van der Waals surface area contributed by atoms with Crippen molar-refractivity contribution in [2.24, 2.45) is 0 Å². The van der Waals surface area contributed by atoms with Crippen LogP contribution in [0.1, 0.15) is 28.6 Å². The minimum absolute atomic E-state index is 0.0465. The lowest BCUT2D eigenvalue weighted by molar-refractivity contribution is 0.0706. The summed E-state index contributed by atoms with van der Waals surface area (Å²) in [5.41, 5.74) is 4.05. The summed E-state index contributed by atoms with van der Waals surface area (Å²) in [5.74, 6) is 0.369. The van der Waals surface area contributed by atoms with E-state index in [9.17, 15) is 4.79 Å². The molecular formula is C23H26N2O3. The molecule has 0 saturated carbocycles. The van der Waals surface area contributed by atoms with Gasteiger partial charge in [0, 0.05) is 49.4 Å². The van der Waals surface area contributed by atoms with Crippen molar-refractivity contribution in [3.05, 3.63) is 65.4 Å². The Balaban J connectivity index is 1.52. The summed E-state index contributed by atoms with van der Waals surface area (Å²) in [7, 11) is 0. The van der Waals surface area contributed by atoms with Crippen LogP contribution in [0.4, 0.5) is 5.69 Å². The molecule has 2 aromatic carbocycles. The highest BCUT2D eigenvalue weighted by atomic mass is 16.5. The first-order chi connectivity index (χ1) is 13.7. The Hall–Kier alpha value is -2.79. The van der Waals surface area contributed by atoms with Gasteiger partial charge in [0.1, 0.15) is 5.58 Å². The molecule has 5 nitrogen and oxygen atoms in total. The number of hydrogen-bond acceptors (Lipinski definition) is 4. The largest absolute Gasteiger partial charge is 0.451 e. The molecule has 1 amide bonds. The molecule has 0 radical (unpaired) electrons. The first-order valence-electron chi connectivity index (χ1n) is 9.86. The predicted molar refractivity (Wildman–Crippen MR) is 111 cm³/mol. The van der Waals surface area contributed by atoms with Gasteiger partial charge in [0.15, 0.2) is 5.76 Å². The lowest BCUT2D eigenvalue weighted by atomic mass is 10.1. The molecule has 1 saturated heterocycles. The molecule has 0 aliphatic carbocycles. The van der Waals surface area contributed by atoms with E-state index in [1.54, 1.807) is 0 Å². The summed E-state index contributed by atoms with van der Waals surface area (Å²) in [6.07, 6.45) is 0. The van der Waals surface area contributed by atoms with Crippen molar-refractivity contribution < 1.29 is 13.9 Å². The average molecular weight is 378 g/mol. The van der Waals surface area contributed by atoms with Crippen LogP contribution in [-0.2, 0) is 11.3 Å². The number of furan rings is 1. The van der Waals surface area contributed by atoms with Crippen LogP contribution in [0.3, 0.4) is 0 Å². The van der Waals surface area contributed by atoms with E-state index in [0.717, 1.165) is 29.6 Å². The number of carbonyl (C=O) groups is 1. The maximum Gasteiger partial charge on any atom is 0.290 e. The maximum absolute atomic E-state index is 13.2. The van der Waals surface area contributed by atoms with Gasteiger partial charge in [0.2, 0.25) is 0 Å². The number of anilines is 1. The smallest absolute Gasteiger partial charge is 0.290 e. The Morgan fingerprint density at radius 1 is 1.07 bits per heavy atom. The Labute approximate surface area is 165 Å². The van der Waals surface area contributed by atoms with Gasteiger partial charge in [-0.25, -0.2) is 0 Å². The Morgan fingerprint density at radius 2 is 1.86 bits per heavy atom. The van der Waals surface area contributed by atoms with Gasteiger partial charge >= 0.3 is 0 Å². The fourth-order valence-electron chi connectivity index (χ4n) is 3.75. The van der Waals surface area contributed by atoms with Crippen LogP contribution < -0.4 is 4.90 Å². The van der Waals surface area contributed by atoms with E-state index in [1.807, 2.05) is 36.1 Å². The molecule has 2 heterocycles. The van der Waals surface area contributed by atoms with E-state index in [4.69, 9.17) is 9.15 Å². The highest BCUT2D eigenvalue weighted by Crippen LogP contribution is 2.28. The second-order valence-electron chi connectivity index (χ2n) is 7.16. The van der Waals surface area contributed by atoms with Gasteiger partial charge in [0.25, 0.3) is 5.91 Å². The fourth-order valence-corrected chi connectivity index (χ4v) is 3.75. The van der Waals surface area contributed by atoms with Gasteiger partial charge in [-0.15, -0.1) is 0 Å². The van der Waals surface area contributed by atoms with Crippen molar-refractivity contribution in [1.82, 2.24) is 4.90 Å². The summed E-state index contributed by atoms with van der Waals surface area (Å²) in [6, 6.07) is 16.3. The number of ether oxygens (including phenoxy) is 1.